The maximum absolute atomic E-state index is 12.8. The number of thiophene rings is 1. The van der Waals surface area contributed by atoms with E-state index in [1.807, 2.05) is 36.4 Å². The molecule has 0 aliphatic rings. The molecular weight excluding hydrogens is 568 g/mol. The van der Waals surface area contributed by atoms with Crippen molar-refractivity contribution in [2.45, 2.75) is 0 Å². The lowest BCUT2D eigenvalue weighted by molar-refractivity contribution is 0.0734. The van der Waals surface area contributed by atoms with E-state index in [1.165, 1.54) is 24.7 Å². The van der Waals surface area contributed by atoms with E-state index in [4.69, 9.17) is 25.5 Å². The number of furan rings is 1. The maximum Gasteiger partial charge on any atom is 0.355 e. The number of esters is 1. The Morgan fingerprint density at radius 1 is 1.08 bits per heavy atom. The van der Waals surface area contributed by atoms with Crippen molar-refractivity contribution in [3.8, 4) is 11.5 Å². The summed E-state index contributed by atoms with van der Waals surface area (Å²) < 4.78 is 18.3. The average Bonchev–Trinajstić information content (AvgIpc) is 3.45. The van der Waals surface area contributed by atoms with Crippen molar-refractivity contribution in [3.05, 3.63) is 92.4 Å². The van der Waals surface area contributed by atoms with Crippen molar-refractivity contribution in [3.63, 3.8) is 0 Å². The van der Waals surface area contributed by atoms with Gasteiger partial charge in [-0.25, -0.2) is 10.2 Å². The van der Waals surface area contributed by atoms with Gasteiger partial charge in [-0.05, 0) is 54.1 Å². The van der Waals surface area contributed by atoms with E-state index in [1.54, 1.807) is 30.3 Å². The number of hydrogen-bond donors (Lipinski definition) is 1. The van der Waals surface area contributed by atoms with E-state index < -0.39 is 11.9 Å². The molecule has 2 aromatic heterocycles. The molecule has 0 aliphatic carbocycles. The number of benzene rings is 3. The first-order valence-corrected chi connectivity index (χ1v) is 12.5. The van der Waals surface area contributed by atoms with Gasteiger partial charge in [-0.2, -0.15) is 5.10 Å². The summed E-state index contributed by atoms with van der Waals surface area (Å²) in [6.07, 6.45) is 1.44. The predicted octanol–water partition coefficient (Wildman–Crippen LogP) is 7.06. The number of hydrogen-bond acceptors (Lipinski definition) is 7. The highest BCUT2D eigenvalue weighted by molar-refractivity contribution is 9.10. The van der Waals surface area contributed by atoms with E-state index in [9.17, 15) is 9.59 Å². The first kappa shape index (κ1) is 24.1. The molecule has 10 heteroatoms. The first-order valence-electron chi connectivity index (χ1n) is 10.5. The first-order chi connectivity index (χ1) is 17.4. The smallest absolute Gasteiger partial charge is 0.355 e. The summed E-state index contributed by atoms with van der Waals surface area (Å²) in [5.41, 5.74) is 3.64. The standard InChI is InChI=1S/C26H16BrClN2O5S/c1-33-20-10-14(13-29-30-25(31)21-12-15-11-16(27)7-9-18(15)34-21)6-8-19(20)35-26(32)24-23(28)17-4-2-3-5-22(17)36-24/h2-13H,1H3,(H,30,31)/b29-13-. The minimum Gasteiger partial charge on any atom is -0.493 e. The molecule has 180 valence electrons. The highest BCUT2D eigenvalue weighted by Crippen LogP contribution is 2.37. The van der Waals surface area contributed by atoms with Gasteiger partial charge in [0, 0.05) is 19.9 Å². The third-order valence-corrected chi connectivity index (χ3v) is 7.34. The van der Waals surface area contributed by atoms with Crippen LogP contribution in [0, 0.1) is 0 Å². The molecule has 1 N–H and O–H groups in total. The Morgan fingerprint density at radius 3 is 2.72 bits per heavy atom. The van der Waals surface area contributed by atoms with Gasteiger partial charge < -0.3 is 13.9 Å². The fourth-order valence-electron chi connectivity index (χ4n) is 3.49. The van der Waals surface area contributed by atoms with Gasteiger partial charge in [-0.15, -0.1) is 11.3 Å². The Kier molecular flexibility index (Phi) is 6.77. The molecule has 36 heavy (non-hydrogen) atoms. The Bertz CT molecular complexity index is 1660. The topological polar surface area (TPSA) is 90.1 Å². The Hall–Kier alpha value is -3.66. The molecule has 7 nitrogen and oxygen atoms in total. The van der Waals surface area contributed by atoms with Crippen LogP contribution in [0.4, 0.5) is 0 Å². The number of hydrazone groups is 1. The van der Waals surface area contributed by atoms with E-state index in [0.29, 0.717) is 26.8 Å². The van der Waals surface area contributed by atoms with Gasteiger partial charge in [0.15, 0.2) is 17.3 Å². The second kappa shape index (κ2) is 10.1. The van der Waals surface area contributed by atoms with Crippen LogP contribution in [0.3, 0.4) is 0 Å². The second-order valence-electron chi connectivity index (χ2n) is 7.53. The zero-order valence-corrected chi connectivity index (χ0v) is 21.7. The number of methoxy groups -OCH3 is 1. The third-order valence-electron chi connectivity index (χ3n) is 5.19. The summed E-state index contributed by atoms with van der Waals surface area (Å²) in [5.74, 6) is -0.383. The van der Waals surface area contributed by atoms with Crippen LogP contribution in [0.1, 0.15) is 25.8 Å². The number of ether oxygens (including phenoxy) is 2. The van der Waals surface area contributed by atoms with Gasteiger partial charge in [-0.1, -0.05) is 45.7 Å². The van der Waals surface area contributed by atoms with Crippen LogP contribution in [0.25, 0.3) is 21.1 Å². The fourth-order valence-corrected chi connectivity index (χ4v) is 5.25. The summed E-state index contributed by atoms with van der Waals surface area (Å²) in [4.78, 5) is 25.5. The molecular formula is C26H16BrClN2O5S. The van der Waals surface area contributed by atoms with Gasteiger partial charge >= 0.3 is 11.9 Å². The number of amides is 1. The van der Waals surface area contributed by atoms with Crippen molar-refractivity contribution in [2.24, 2.45) is 5.10 Å². The fraction of sp³-hybridized carbons (Fsp3) is 0.0385. The third kappa shape index (κ3) is 4.86. The number of carbonyl (C=O) groups is 2. The molecule has 0 saturated heterocycles. The molecule has 0 atom stereocenters. The highest BCUT2D eigenvalue weighted by Gasteiger charge is 2.20. The van der Waals surface area contributed by atoms with Crippen molar-refractivity contribution < 1.29 is 23.5 Å². The molecule has 2 heterocycles. The molecule has 0 unspecified atom stereocenters. The molecule has 0 saturated carbocycles. The van der Waals surface area contributed by atoms with Crippen LogP contribution in [0.2, 0.25) is 5.02 Å². The lowest BCUT2D eigenvalue weighted by Gasteiger charge is -2.09. The summed E-state index contributed by atoms with van der Waals surface area (Å²) in [5, 5.41) is 5.93. The highest BCUT2D eigenvalue weighted by atomic mass is 79.9. The molecule has 3 aromatic carbocycles. The van der Waals surface area contributed by atoms with E-state index >= 15 is 0 Å². The SMILES string of the molecule is COc1cc(/C=N\NC(=O)c2cc3cc(Br)ccc3o2)ccc1OC(=O)c1sc2ccccc2c1Cl. The Balaban J connectivity index is 1.28. The Morgan fingerprint density at radius 2 is 1.92 bits per heavy atom. The van der Waals surface area contributed by atoms with E-state index in [2.05, 4.69) is 26.5 Å². The minimum atomic E-state index is -0.578. The lowest BCUT2D eigenvalue weighted by atomic mass is 10.2. The molecule has 5 aromatic rings. The van der Waals surface area contributed by atoms with Crippen LogP contribution in [-0.2, 0) is 0 Å². The predicted molar refractivity (Wildman–Crippen MR) is 144 cm³/mol. The van der Waals surface area contributed by atoms with Gasteiger partial charge in [-0.3, -0.25) is 4.79 Å². The zero-order valence-electron chi connectivity index (χ0n) is 18.6. The minimum absolute atomic E-state index is 0.139. The molecule has 1 amide bonds. The second-order valence-corrected chi connectivity index (χ2v) is 9.88. The number of rotatable bonds is 6. The van der Waals surface area contributed by atoms with Gasteiger partial charge in [0.05, 0.1) is 18.3 Å². The summed E-state index contributed by atoms with van der Waals surface area (Å²) in [6, 6.07) is 19.5. The van der Waals surface area contributed by atoms with Crippen molar-refractivity contribution in [1.29, 1.82) is 0 Å². The number of halogens is 2. The number of nitrogens with one attached hydrogen (secondary N) is 1. The van der Waals surface area contributed by atoms with Crippen molar-refractivity contribution >= 4 is 78.0 Å². The monoisotopic (exact) mass is 582 g/mol. The zero-order chi connectivity index (χ0) is 25.2. The summed E-state index contributed by atoms with van der Waals surface area (Å²) >= 11 is 11.0. The van der Waals surface area contributed by atoms with Crippen LogP contribution in [-0.4, -0.2) is 25.2 Å². The molecule has 0 fully saturated rings. The quantitative estimate of drug-likeness (QED) is 0.100. The molecule has 0 bridgehead atoms. The average molecular weight is 584 g/mol. The van der Waals surface area contributed by atoms with Crippen LogP contribution in [0.15, 0.2) is 80.7 Å². The van der Waals surface area contributed by atoms with Crippen LogP contribution < -0.4 is 14.9 Å². The van der Waals surface area contributed by atoms with E-state index in [-0.39, 0.29) is 11.5 Å². The van der Waals surface area contributed by atoms with Gasteiger partial charge in [0.1, 0.15) is 10.5 Å². The van der Waals surface area contributed by atoms with E-state index in [0.717, 1.165) is 19.9 Å². The lowest BCUT2D eigenvalue weighted by Crippen LogP contribution is -2.16. The normalized spacial score (nSPS) is 11.3. The molecule has 0 radical (unpaired) electrons. The largest absolute Gasteiger partial charge is 0.493 e. The van der Waals surface area contributed by atoms with Crippen LogP contribution >= 0.6 is 38.9 Å². The van der Waals surface area contributed by atoms with Gasteiger partial charge in [0.25, 0.3) is 0 Å². The Labute approximate surface area is 222 Å². The maximum atomic E-state index is 12.8. The molecule has 0 spiro atoms. The summed E-state index contributed by atoms with van der Waals surface area (Å²) in [6.45, 7) is 0. The number of nitrogens with zero attached hydrogens (tertiary/aromatic N) is 1. The number of fused-ring (bicyclic) bond motifs is 2. The van der Waals surface area contributed by atoms with Crippen molar-refractivity contribution in [2.75, 3.05) is 7.11 Å². The molecule has 0 aliphatic heterocycles. The van der Waals surface area contributed by atoms with Gasteiger partial charge in [0.2, 0.25) is 0 Å². The molecule has 5 rings (SSSR count). The van der Waals surface area contributed by atoms with Crippen molar-refractivity contribution in [1.82, 2.24) is 5.43 Å². The summed E-state index contributed by atoms with van der Waals surface area (Å²) in [7, 11) is 1.46. The number of carbonyl (C=O) groups excluding carboxylic acids is 2. The van der Waals surface area contributed by atoms with Crippen LogP contribution in [0.5, 0.6) is 11.5 Å².